The second kappa shape index (κ2) is 25.5. The predicted molar refractivity (Wildman–Crippen MR) is 282 cm³/mol. The first-order valence-corrected chi connectivity index (χ1v) is 32.6. The number of aliphatic imine (C=N–C) groups is 2. The van der Waals surface area contributed by atoms with Gasteiger partial charge in [0.25, 0.3) is 0 Å². The number of hydrogen-bond donors (Lipinski definition) is 0. The van der Waals surface area contributed by atoms with Crippen LogP contribution in [-0.2, 0) is 49.3 Å². The molecule has 4 aliphatic heterocycles. The number of Topliss-reactive ketones (excluding diaryl/α,β-unsaturated/α-hetero) is 1. The summed E-state index contributed by atoms with van der Waals surface area (Å²) in [6, 6.07) is 5.80. The Bertz CT molecular complexity index is 2800. The third-order valence-corrected chi connectivity index (χ3v) is 22.5. The van der Waals surface area contributed by atoms with Crippen molar-refractivity contribution in [3.63, 3.8) is 0 Å². The van der Waals surface area contributed by atoms with Crippen LogP contribution in [0.2, 0.25) is 0 Å². The van der Waals surface area contributed by atoms with Crippen LogP contribution in [-0.4, -0.2) is 150 Å². The van der Waals surface area contributed by atoms with Crippen LogP contribution in [0.15, 0.2) is 50.7 Å². The first-order valence-electron chi connectivity index (χ1n) is 25.5. The van der Waals surface area contributed by atoms with E-state index in [1.165, 1.54) is 7.11 Å². The van der Waals surface area contributed by atoms with E-state index in [-0.39, 0.29) is 43.0 Å². The molecule has 6 heterocycles. The molecule has 18 heteroatoms. The summed E-state index contributed by atoms with van der Waals surface area (Å²) >= 11 is -3.87. The number of carbonyl (C=O) groups excluding carboxylic acids is 2. The molecule has 16 nitrogen and oxygen atoms in total. The van der Waals surface area contributed by atoms with E-state index in [0.29, 0.717) is 103 Å². The standard InChI is InChI=1S/C55H71N4O12.ClH.In/c1-10-41-33(2)44-31-49-52(37(6)71-32-38-25-39(69-23-21-67-19-17-65-15-13-62-7)27-40(26-38)70-24-22-68-20-18-66-16-14-63-8)35(4)46(57-49)29-45-34(3)42(11-12-51(61)64-9)54(58-45)43-28-50(60)53-36(5)47(59-55(43)53)30-48(41)56-44;;/h25-27,29-31,34,37,42H,10-24,28,32H2,1-9H3,(H-,56,57,58,59,60);1H;/q-1;;+3/p-2/t34-,37?,42-;;/m0../s1. The van der Waals surface area contributed by atoms with Gasteiger partial charge in [-0.05, 0) is 0 Å². The van der Waals surface area contributed by atoms with Crippen LogP contribution in [0.5, 0.6) is 11.5 Å². The van der Waals surface area contributed by atoms with Crippen molar-refractivity contribution in [1.82, 2.24) is 5.11 Å². The van der Waals surface area contributed by atoms with Crippen LogP contribution in [0.25, 0.3) is 23.8 Å². The van der Waals surface area contributed by atoms with Crippen molar-refractivity contribution in [2.75, 3.05) is 101 Å². The van der Waals surface area contributed by atoms with E-state index >= 15 is 0 Å². The number of allylic oxidation sites excluding steroid dienone is 4. The molecule has 0 N–H and O–H groups in total. The van der Waals surface area contributed by atoms with E-state index in [1.54, 1.807) is 14.2 Å². The molecule has 392 valence electrons. The average molecular weight is 1130 g/mol. The van der Waals surface area contributed by atoms with Gasteiger partial charge in [-0.3, -0.25) is 0 Å². The minimum atomic E-state index is -3.87. The van der Waals surface area contributed by atoms with Gasteiger partial charge in [0, 0.05) is 14.2 Å². The average Bonchev–Trinajstić information content (AvgIpc) is 4.13. The zero-order valence-corrected chi connectivity index (χ0v) is 47.9. The Labute approximate surface area is 440 Å². The van der Waals surface area contributed by atoms with Gasteiger partial charge in [-0.2, -0.15) is 0 Å². The number of fused-ring (bicyclic) bond motifs is 2. The van der Waals surface area contributed by atoms with Crippen LogP contribution < -0.4 is 20.2 Å². The van der Waals surface area contributed by atoms with Crippen molar-refractivity contribution in [3.8, 4) is 11.5 Å². The molecule has 1 aromatic carbocycles. The molecular weight excluding hydrogens is 1060 g/mol. The monoisotopic (exact) mass is 1130 g/mol. The Kier molecular flexibility index (Phi) is 19.2. The third kappa shape index (κ3) is 12.1. The summed E-state index contributed by atoms with van der Waals surface area (Å²) in [6.07, 6.45) is 7.90. The Balaban J connectivity index is 1.16. The van der Waals surface area contributed by atoms with Crippen molar-refractivity contribution in [1.29, 1.82) is 0 Å². The molecule has 5 aliphatic rings. The molecule has 0 saturated heterocycles. The number of aromatic nitrogens is 2. The van der Waals surface area contributed by atoms with Gasteiger partial charge in [-0.25, -0.2) is 0 Å². The molecule has 1 unspecified atom stereocenters. The fourth-order valence-electron chi connectivity index (χ4n) is 10.5. The molecule has 0 radical (unpaired) electrons. The number of ether oxygens (including phenoxy) is 10. The molecule has 0 saturated carbocycles. The van der Waals surface area contributed by atoms with Gasteiger partial charge in [0.05, 0.1) is 52.9 Å². The maximum atomic E-state index is 14.4. The molecule has 3 atom stereocenters. The van der Waals surface area contributed by atoms with Crippen LogP contribution in [0, 0.1) is 25.7 Å². The predicted octanol–water partition coefficient (Wildman–Crippen LogP) is 6.99. The Morgan fingerprint density at radius 2 is 1.41 bits per heavy atom. The summed E-state index contributed by atoms with van der Waals surface area (Å²) in [4.78, 5) is 37.8. The number of hydrogen-bond acceptors (Lipinski definition) is 14. The number of carbonyl (C=O) groups is 2. The Morgan fingerprint density at radius 1 is 0.795 bits per heavy atom. The first kappa shape index (κ1) is 54.9. The Hall–Kier alpha value is -4.30. The second-order valence-corrected chi connectivity index (χ2v) is 26.1. The van der Waals surface area contributed by atoms with Crippen LogP contribution in [0.3, 0.4) is 0 Å². The molecule has 73 heavy (non-hydrogen) atoms. The van der Waals surface area contributed by atoms with Crippen LogP contribution in [0.1, 0.15) is 103 Å². The van der Waals surface area contributed by atoms with Gasteiger partial charge < -0.3 is 28.4 Å². The zero-order valence-electron chi connectivity index (χ0n) is 43.9. The molecule has 1 aliphatic carbocycles. The molecule has 0 amide bonds. The number of benzene rings is 1. The Morgan fingerprint density at radius 3 is 2.01 bits per heavy atom. The van der Waals surface area contributed by atoms with Crippen molar-refractivity contribution in [2.45, 2.75) is 79.9 Å². The van der Waals surface area contributed by atoms with Crippen molar-refractivity contribution in [2.24, 2.45) is 21.8 Å². The van der Waals surface area contributed by atoms with Gasteiger partial charge in [0.2, 0.25) is 0 Å². The molecule has 0 spiro atoms. The number of ketones is 1. The first-order chi connectivity index (χ1) is 35.4. The molecule has 6 bridgehead atoms. The summed E-state index contributed by atoms with van der Waals surface area (Å²) in [5, 5.41) is 1.90. The van der Waals surface area contributed by atoms with Gasteiger partial charge in [0.1, 0.15) is 0 Å². The SMILES string of the molecule is CCC1=C(C)C2=NC1=Cc1c(C)c3c4[n]1[In]([Cl])[n]1c(c(C)c(C(C)OCc5cc(OCCOCCOCCOC)cc(OCCOCCOCCOC)c5)c1=C2)=CC1=NC(=C4CC3=O)[C@@H](CCC(=O)OC)[C@@H]1C. The maximum absolute atomic E-state index is 14.4. The van der Waals surface area contributed by atoms with Gasteiger partial charge >= 0.3 is 347 Å². The number of halogens is 1. The fraction of sp³-hybridized carbons (Fsp3) is 0.527. The van der Waals surface area contributed by atoms with E-state index in [2.05, 4.69) is 58.0 Å². The quantitative estimate of drug-likeness (QED) is 0.0543. The van der Waals surface area contributed by atoms with E-state index in [1.807, 2.05) is 25.1 Å². The molecular formula is C55H70ClInN4O12. The van der Waals surface area contributed by atoms with E-state index in [4.69, 9.17) is 65.9 Å². The summed E-state index contributed by atoms with van der Waals surface area (Å²) in [7, 11) is 13.0. The zero-order chi connectivity index (χ0) is 51.8. The molecule has 8 rings (SSSR count). The number of esters is 1. The second-order valence-electron chi connectivity index (χ2n) is 18.8. The van der Waals surface area contributed by atoms with Crippen molar-refractivity contribution < 1.29 is 57.0 Å². The van der Waals surface area contributed by atoms with Crippen molar-refractivity contribution >= 4 is 76.4 Å². The molecule has 0 fully saturated rings. The molecule has 2 aromatic heterocycles. The number of methoxy groups -OCH3 is 3. The topological polar surface area (TPSA) is 161 Å². The number of nitrogens with zero attached hydrogens (tertiary/aromatic N) is 4. The van der Waals surface area contributed by atoms with Gasteiger partial charge in [0.15, 0.2) is 0 Å². The number of rotatable bonds is 28. The summed E-state index contributed by atoms with van der Waals surface area (Å²) < 4.78 is 61.9. The molecule has 3 aromatic rings. The minimum absolute atomic E-state index is 0.0515. The van der Waals surface area contributed by atoms with E-state index < -0.39 is 26.9 Å². The van der Waals surface area contributed by atoms with Crippen LogP contribution >= 0.6 is 8.58 Å². The summed E-state index contributed by atoms with van der Waals surface area (Å²) in [5.41, 5.74) is 13.0. The summed E-state index contributed by atoms with van der Waals surface area (Å²) in [6.45, 7) is 18.3. The van der Waals surface area contributed by atoms with Gasteiger partial charge in [-0.15, -0.1) is 0 Å². The fourth-order valence-corrected chi connectivity index (χ4v) is 19.5. The summed E-state index contributed by atoms with van der Waals surface area (Å²) in [5.74, 6) is 0.864. The normalized spacial score (nSPS) is 17.9. The van der Waals surface area contributed by atoms with E-state index in [9.17, 15) is 9.59 Å². The third-order valence-electron chi connectivity index (χ3n) is 14.3. The van der Waals surface area contributed by atoms with Crippen molar-refractivity contribution in [3.05, 3.63) is 90.6 Å². The van der Waals surface area contributed by atoms with Gasteiger partial charge in [-0.1, -0.05) is 0 Å². The van der Waals surface area contributed by atoms with E-state index in [0.717, 1.165) is 90.3 Å². The van der Waals surface area contributed by atoms with Crippen LogP contribution in [0.4, 0.5) is 0 Å².